The molecule has 4 aromatic heterocycles. The molecule has 234 valence electrons. The Labute approximate surface area is 291 Å². The molecule has 0 unspecified atom stereocenters. The predicted molar refractivity (Wildman–Crippen MR) is 205 cm³/mol. The lowest BCUT2D eigenvalue weighted by Crippen LogP contribution is -1.97. The van der Waals surface area contributed by atoms with Gasteiger partial charge in [-0.2, -0.15) is 0 Å². The monoisotopic (exact) mass is 658 g/mol. The quantitative estimate of drug-likeness (QED) is 0.184. The van der Waals surface area contributed by atoms with Crippen molar-refractivity contribution in [2.75, 3.05) is 0 Å². The second kappa shape index (κ2) is 11.6. The Hall–Kier alpha value is -6.50. The first kappa shape index (κ1) is 28.5. The average Bonchev–Trinajstić information content (AvgIpc) is 3.77. The van der Waals surface area contributed by atoms with E-state index in [4.69, 9.17) is 14.4 Å². The van der Waals surface area contributed by atoms with Crippen LogP contribution in [0.2, 0.25) is 0 Å². The van der Waals surface area contributed by atoms with Crippen LogP contribution >= 0.6 is 11.3 Å². The number of thiophene rings is 1. The third kappa shape index (κ3) is 4.69. The summed E-state index contributed by atoms with van der Waals surface area (Å²) in [6.45, 7) is 0. The summed E-state index contributed by atoms with van der Waals surface area (Å²) in [7, 11) is 0. The lowest BCUT2D eigenvalue weighted by Gasteiger charge is -2.10. The molecule has 10 aromatic rings. The van der Waals surface area contributed by atoms with Crippen molar-refractivity contribution in [2.24, 2.45) is 0 Å². The van der Waals surface area contributed by atoms with Crippen LogP contribution in [0.4, 0.5) is 0 Å². The van der Waals surface area contributed by atoms with E-state index in [9.17, 15) is 0 Å². The number of benzene rings is 6. The Morgan fingerprint density at radius 3 is 1.92 bits per heavy atom. The van der Waals surface area contributed by atoms with E-state index < -0.39 is 0 Å². The standard InChI is InChI=1S/C44H26N4OS/c1-4-13-27(14-5-1)30-25-33(28-15-6-2-7-16-28)42-34(26-30)39-32(20-12-21-37(39)49-42)41-43-40(31-19-10-11-22-38(31)50-43)45-44(46-41)36-24-23-35(47-48-36)29-17-8-3-9-18-29/h1-26H. The van der Waals surface area contributed by atoms with Crippen LogP contribution in [0.25, 0.3) is 98.5 Å². The summed E-state index contributed by atoms with van der Waals surface area (Å²) in [4.78, 5) is 10.4. The van der Waals surface area contributed by atoms with Crippen molar-refractivity contribution >= 4 is 53.6 Å². The third-order valence-corrected chi connectivity index (χ3v) is 10.4. The van der Waals surface area contributed by atoms with Crippen LogP contribution < -0.4 is 0 Å². The molecule has 0 aliphatic rings. The molecule has 0 fully saturated rings. The highest BCUT2D eigenvalue weighted by Crippen LogP contribution is 2.46. The molecule has 0 aliphatic carbocycles. The number of aromatic nitrogens is 4. The Kier molecular flexibility index (Phi) is 6.60. The Bertz CT molecular complexity index is 2850. The fourth-order valence-corrected chi connectivity index (χ4v) is 8.00. The molecular formula is C44H26N4OS. The van der Waals surface area contributed by atoms with E-state index in [1.54, 1.807) is 11.3 Å². The minimum absolute atomic E-state index is 0.530. The normalized spacial score (nSPS) is 11.6. The maximum Gasteiger partial charge on any atom is 0.181 e. The van der Waals surface area contributed by atoms with Crippen LogP contribution in [0.5, 0.6) is 0 Å². The SMILES string of the molecule is c1ccc(-c2cc(-c3ccccc3)c3oc4cccc(-c5nc(-c6ccc(-c7ccccc7)nn6)nc6c5sc5ccccc56)c4c3c2)cc1. The Morgan fingerprint density at radius 2 is 1.16 bits per heavy atom. The van der Waals surface area contributed by atoms with Crippen LogP contribution in [-0.2, 0) is 0 Å². The first-order valence-corrected chi connectivity index (χ1v) is 17.3. The van der Waals surface area contributed by atoms with E-state index in [0.29, 0.717) is 11.5 Å². The minimum atomic E-state index is 0.530. The van der Waals surface area contributed by atoms with Gasteiger partial charge in [-0.15, -0.1) is 21.5 Å². The number of furan rings is 1. The van der Waals surface area contributed by atoms with E-state index >= 15 is 0 Å². The molecule has 0 saturated heterocycles. The van der Waals surface area contributed by atoms with Gasteiger partial charge in [-0.3, -0.25) is 0 Å². The van der Waals surface area contributed by atoms with Crippen molar-refractivity contribution in [1.29, 1.82) is 0 Å². The molecule has 5 nitrogen and oxygen atoms in total. The van der Waals surface area contributed by atoms with Crippen molar-refractivity contribution in [3.63, 3.8) is 0 Å². The molecule has 0 N–H and O–H groups in total. The van der Waals surface area contributed by atoms with Gasteiger partial charge in [0, 0.05) is 37.5 Å². The van der Waals surface area contributed by atoms with Gasteiger partial charge in [-0.1, -0.05) is 121 Å². The second-order valence-corrected chi connectivity index (χ2v) is 13.3. The van der Waals surface area contributed by atoms with Gasteiger partial charge < -0.3 is 4.42 Å². The largest absolute Gasteiger partial charge is 0.455 e. The van der Waals surface area contributed by atoms with Gasteiger partial charge >= 0.3 is 0 Å². The maximum atomic E-state index is 6.77. The summed E-state index contributed by atoms with van der Waals surface area (Å²) in [6.07, 6.45) is 0. The highest BCUT2D eigenvalue weighted by Gasteiger charge is 2.23. The van der Waals surface area contributed by atoms with Gasteiger partial charge in [0.25, 0.3) is 0 Å². The summed E-state index contributed by atoms with van der Waals surface area (Å²) in [5.74, 6) is 0.530. The summed E-state index contributed by atoms with van der Waals surface area (Å²) in [6, 6.07) is 54.1. The molecule has 4 heterocycles. The van der Waals surface area contributed by atoms with Gasteiger partial charge in [0.15, 0.2) is 5.82 Å². The van der Waals surface area contributed by atoms with Crippen molar-refractivity contribution < 1.29 is 4.42 Å². The lowest BCUT2D eigenvalue weighted by atomic mass is 9.94. The predicted octanol–water partition coefficient (Wildman–Crippen LogP) is 11.9. The van der Waals surface area contributed by atoms with E-state index in [1.807, 2.05) is 60.7 Å². The Morgan fingerprint density at radius 1 is 0.480 bits per heavy atom. The molecule has 0 spiro atoms. The molecule has 0 radical (unpaired) electrons. The van der Waals surface area contributed by atoms with Crippen molar-refractivity contribution in [1.82, 2.24) is 20.2 Å². The van der Waals surface area contributed by atoms with Gasteiger partial charge in [0.2, 0.25) is 0 Å². The smallest absolute Gasteiger partial charge is 0.181 e. The molecule has 50 heavy (non-hydrogen) atoms. The zero-order valence-electron chi connectivity index (χ0n) is 26.6. The zero-order chi connectivity index (χ0) is 33.0. The van der Waals surface area contributed by atoms with E-state index in [-0.39, 0.29) is 0 Å². The van der Waals surface area contributed by atoms with Crippen LogP contribution in [0.15, 0.2) is 162 Å². The van der Waals surface area contributed by atoms with E-state index in [0.717, 1.165) is 87.0 Å². The first-order chi connectivity index (χ1) is 24.8. The van der Waals surface area contributed by atoms with Gasteiger partial charge in [-0.25, -0.2) is 9.97 Å². The third-order valence-electron chi connectivity index (χ3n) is 9.23. The number of rotatable bonds is 5. The molecule has 0 bridgehead atoms. The van der Waals surface area contributed by atoms with Crippen molar-refractivity contribution in [2.45, 2.75) is 0 Å². The molecule has 0 aliphatic heterocycles. The molecule has 6 heteroatoms. The second-order valence-electron chi connectivity index (χ2n) is 12.3. The van der Waals surface area contributed by atoms with Gasteiger partial charge in [0.1, 0.15) is 16.9 Å². The molecule has 10 rings (SSSR count). The number of nitrogens with zero attached hydrogens (tertiary/aromatic N) is 4. The first-order valence-electron chi connectivity index (χ1n) is 16.5. The minimum Gasteiger partial charge on any atom is -0.455 e. The molecule has 0 amide bonds. The number of fused-ring (bicyclic) bond motifs is 6. The summed E-state index contributed by atoms with van der Waals surface area (Å²) in [5.41, 5.74) is 11.2. The number of hydrogen-bond acceptors (Lipinski definition) is 6. The molecule has 0 atom stereocenters. The Balaban J connectivity index is 1.25. The summed E-state index contributed by atoms with van der Waals surface area (Å²) < 4.78 is 8.95. The highest BCUT2D eigenvalue weighted by molar-refractivity contribution is 7.26. The highest BCUT2D eigenvalue weighted by atomic mass is 32.1. The molecular weight excluding hydrogens is 633 g/mol. The molecule has 6 aromatic carbocycles. The van der Waals surface area contributed by atoms with E-state index in [1.165, 1.54) is 0 Å². The van der Waals surface area contributed by atoms with Crippen LogP contribution in [0.3, 0.4) is 0 Å². The van der Waals surface area contributed by atoms with Gasteiger partial charge in [0.05, 0.1) is 21.6 Å². The topological polar surface area (TPSA) is 64.7 Å². The van der Waals surface area contributed by atoms with Crippen molar-refractivity contribution in [3.8, 4) is 56.3 Å². The number of hydrogen-bond donors (Lipinski definition) is 0. The van der Waals surface area contributed by atoms with Crippen LogP contribution in [-0.4, -0.2) is 20.2 Å². The fraction of sp³-hybridized carbons (Fsp3) is 0. The fourth-order valence-electron chi connectivity index (χ4n) is 6.86. The molecule has 0 saturated carbocycles. The van der Waals surface area contributed by atoms with E-state index in [2.05, 4.69) is 107 Å². The summed E-state index contributed by atoms with van der Waals surface area (Å²) in [5, 5.41) is 12.4. The average molecular weight is 659 g/mol. The van der Waals surface area contributed by atoms with Gasteiger partial charge in [-0.05, 0) is 53.1 Å². The van der Waals surface area contributed by atoms with Crippen LogP contribution in [0, 0.1) is 0 Å². The van der Waals surface area contributed by atoms with Crippen LogP contribution in [0.1, 0.15) is 0 Å². The van der Waals surface area contributed by atoms with Crippen molar-refractivity contribution in [3.05, 3.63) is 158 Å². The summed E-state index contributed by atoms with van der Waals surface area (Å²) >= 11 is 1.71. The zero-order valence-corrected chi connectivity index (χ0v) is 27.4. The maximum absolute atomic E-state index is 6.77. The lowest BCUT2D eigenvalue weighted by molar-refractivity contribution is 0.670.